The van der Waals surface area contributed by atoms with E-state index in [1.165, 1.54) is 9.79 Å². The molecule has 108 valence electrons. The Balaban J connectivity index is 2.16. The zero-order valence-corrected chi connectivity index (χ0v) is 12.8. The highest BCUT2D eigenvalue weighted by molar-refractivity contribution is 7.99. The van der Waals surface area contributed by atoms with Gasteiger partial charge in [0.05, 0.1) is 11.4 Å². The van der Waals surface area contributed by atoms with E-state index in [1.807, 2.05) is 24.3 Å². The van der Waals surface area contributed by atoms with E-state index in [2.05, 4.69) is 36.1 Å². The van der Waals surface area contributed by atoms with Gasteiger partial charge in [-0.3, -0.25) is 4.79 Å². The monoisotopic (exact) mass is 298 g/mol. The lowest BCUT2D eigenvalue weighted by atomic mass is 10.1. The molecule has 2 aromatic carbocycles. The number of carbonyl (C=O) groups is 1. The first-order chi connectivity index (χ1) is 10.2. The molecular weight excluding hydrogens is 280 g/mol. The van der Waals surface area contributed by atoms with Crippen LogP contribution in [0.1, 0.15) is 19.8 Å². The van der Waals surface area contributed by atoms with E-state index in [-0.39, 0.29) is 11.9 Å². The van der Waals surface area contributed by atoms with Crippen LogP contribution in [0.15, 0.2) is 58.3 Å². The summed E-state index contributed by atoms with van der Waals surface area (Å²) in [7, 11) is 0. The summed E-state index contributed by atoms with van der Waals surface area (Å²) in [5.74, 6) is -0.270. The van der Waals surface area contributed by atoms with Crippen LogP contribution in [0.3, 0.4) is 0 Å². The zero-order valence-electron chi connectivity index (χ0n) is 12.0. The summed E-state index contributed by atoms with van der Waals surface area (Å²) >= 11 is 1.74. The van der Waals surface area contributed by atoms with Gasteiger partial charge in [0.1, 0.15) is 6.04 Å². The molecule has 0 aliphatic carbocycles. The number of benzene rings is 2. The topological polar surface area (TPSA) is 46.3 Å². The average molecular weight is 298 g/mol. The summed E-state index contributed by atoms with van der Waals surface area (Å²) in [5.41, 5.74) is 7.82. The molecule has 2 aromatic rings. The van der Waals surface area contributed by atoms with Gasteiger partial charge in [0.25, 0.3) is 0 Å². The fourth-order valence-corrected chi connectivity index (χ4v) is 3.81. The molecule has 2 N–H and O–H groups in total. The molecule has 1 unspecified atom stereocenters. The molecule has 0 saturated heterocycles. The Morgan fingerprint density at radius 3 is 2.10 bits per heavy atom. The van der Waals surface area contributed by atoms with Gasteiger partial charge in [-0.2, -0.15) is 0 Å². The highest BCUT2D eigenvalue weighted by Gasteiger charge is 2.31. The number of primary amides is 1. The van der Waals surface area contributed by atoms with Crippen molar-refractivity contribution in [2.45, 2.75) is 35.6 Å². The summed E-state index contributed by atoms with van der Waals surface area (Å²) in [5, 5.41) is 0. The van der Waals surface area contributed by atoms with Crippen LogP contribution in [0.2, 0.25) is 0 Å². The van der Waals surface area contributed by atoms with Crippen molar-refractivity contribution < 1.29 is 4.79 Å². The number of amides is 1. The molecule has 0 fully saturated rings. The average Bonchev–Trinajstić information content (AvgIpc) is 2.50. The van der Waals surface area contributed by atoms with Crippen molar-refractivity contribution in [3.8, 4) is 0 Å². The summed E-state index contributed by atoms with van der Waals surface area (Å²) in [6.45, 7) is 2.08. The van der Waals surface area contributed by atoms with Gasteiger partial charge < -0.3 is 10.6 Å². The van der Waals surface area contributed by atoms with Crippen LogP contribution < -0.4 is 10.6 Å². The van der Waals surface area contributed by atoms with Crippen LogP contribution in [-0.4, -0.2) is 11.9 Å². The molecule has 21 heavy (non-hydrogen) atoms. The molecule has 0 saturated carbocycles. The number of hydrogen-bond acceptors (Lipinski definition) is 3. The first kappa shape index (κ1) is 14.0. The molecule has 0 aromatic heterocycles. The predicted molar refractivity (Wildman–Crippen MR) is 87.0 cm³/mol. The van der Waals surface area contributed by atoms with Crippen molar-refractivity contribution in [1.82, 2.24) is 0 Å². The first-order valence-corrected chi connectivity index (χ1v) is 7.98. The number of hydrogen-bond donors (Lipinski definition) is 1. The maximum atomic E-state index is 12.0. The highest BCUT2D eigenvalue weighted by atomic mass is 32.2. The third kappa shape index (κ3) is 2.51. The molecule has 1 heterocycles. The fraction of sp³-hybridized carbons (Fsp3) is 0.235. The summed E-state index contributed by atoms with van der Waals surface area (Å²) in [4.78, 5) is 16.4. The van der Waals surface area contributed by atoms with Crippen molar-refractivity contribution >= 4 is 29.0 Å². The van der Waals surface area contributed by atoms with E-state index in [0.717, 1.165) is 24.2 Å². The minimum Gasteiger partial charge on any atom is -0.368 e. The van der Waals surface area contributed by atoms with Crippen LogP contribution in [-0.2, 0) is 4.79 Å². The Morgan fingerprint density at radius 2 is 1.62 bits per heavy atom. The molecule has 3 nitrogen and oxygen atoms in total. The van der Waals surface area contributed by atoms with Crippen molar-refractivity contribution in [2.75, 3.05) is 4.90 Å². The molecule has 0 bridgehead atoms. The number of carbonyl (C=O) groups excluding carboxylic acids is 1. The van der Waals surface area contributed by atoms with Crippen LogP contribution in [0, 0.1) is 0 Å². The lowest BCUT2D eigenvalue weighted by Crippen LogP contribution is -2.43. The van der Waals surface area contributed by atoms with Gasteiger partial charge in [0, 0.05) is 9.79 Å². The number of nitrogens with two attached hydrogens (primary N) is 1. The Labute approximate surface area is 129 Å². The van der Waals surface area contributed by atoms with E-state index in [4.69, 9.17) is 5.73 Å². The second-order valence-corrected chi connectivity index (χ2v) is 6.20. The van der Waals surface area contributed by atoms with Crippen molar-refractivity contribution in [1.29, 1.82) is 0 Å². The third-order valence-electron chi connectivity index (χ3n) is 3.67. The largest absolute Gasteiger partial charge is 0.368 e. The highest BCUT2D eigenvalue weighted by Crippen LogP contribution is 2.49. The molecule has 1 atom stereocenters. The Bertz CT molecular complexity index is 626. The molecule has 1 aliphatic heterocycles. The molecule has 1 aliphatic rings. The van der Waals surface area contributed by atoms with Crippen LogP contribution >= 0.6 is 11.8 Å². The van der Waals surface area contributed by atoms with Gasteiger partial charge in [-0.1, -0.05) is 49.4 Å². The van der Waals surface area contributed by atoms with Gasteiger partial charge in [-0.15, -0.1) is 0 Å². The van der Waals surface area contributed by atoms with Gasteiger partial charge in [0.2, 0.25) is 5.91 Å². The third-order valence-corrected chi connectivity index (χ3v) is 4.80. The number of para-hydroxylation sites is 2. The normalized spacial score (nSPS) is 14.2. The molecule has 3 rings (SSSR count). The molecule has 0 spiro atoms. The van der Waals surface area contributed by atoms with E-state index < -0.39 is 0 Å². The van der Waals surface area contributed by atoms with Crippen molar-refractivity contribution in [3.63, 3.8) is 0 Å². The fourth-order valence-electron chi connectivity index (χ4n) is 2.74. The first-order valence-electron chi connectivity index (χ1n) is 7.17. The zero-order chi connectivity index (χ0) is 14.8. The van der Waals surface area contributed by atoms with Gasteiger partial charge in [-0.05, 0) is 30.7 Å². The number of nitrogens with zero attached hydrogens (tertiary/aromatic N) is 1. The van der Waals surface area contributed by atoms with Crippen LogP contribution in [0.4, 0.5) is 11.4 Å². The summed E-state index contributed by atoms with van der Waals surface area (Å²) in [6, 6.07) is 16.1. The molecule has 0 radical (unpaired) electrons. The van der Waals surface area contributed by atoms with E-state index in [1.54, 1.807) is 11.8 Å². The van der Waals surface area contributed by atoms with Crippen molar-refractivity contribution in [3.05, 3.63) is 48.5 Å². The maximum Gasteiger partial charge on any atom is 0.240 e. The number of fused-ring (bicyclic) bond motifs is 2. The van der Waals surface area contributed by atoms with Gasteiger partial charge in [0.15, 0.2) is 0 Å². The second kappa shape index (κ2) is 5.82. The minimum atomic E-state index is -0.307. The smallest absolute Gasteiger partial charge is 0.240 e. The standard InChI is InChI=1S/C17H18N2OS/c1-2-7-14(17(18)20)19-12-8-3-5-10-15(12)21-16-11-6-4-9-13(16)19/h3-6,8-11,14H,2,7H2,1H3,(H2,18,20). The Morgan fingerprint density at radius 1 is 1.10 bits per heavy atom. The quantitative estimate of drug-likeness (QED) is 0.930. The molecular formula is C17H18N2OS. The molecule has 4 heteroatoms. The maximum absolute atomic E-state index is 12.0. The second-order valence-electron chi connectivity index (χ2n) is 5.11. The number of anilines is 2. The Kier molecular flexibility index (Phi) is 3.88. The predicted octanol–water partition coefficient (Wildman–Crippen LogP) is 3.94. The SMILES string of the molecule is CCCC(C(N)=O)N1c2ccccc2Sc2ccccc21. The van der Waals surface area contributed by atoms with Gasteiger partial charge in [-0.25, -0.2) is 0 Å². The number of rotatable bonds is 4. The lowest BCUT2D eigenvalue weighted by Gasteiger charge is -2.37. The Hall–Kier alpha value is -1.94. The summed E-state index contributed by atoms with van der Waals surface area (Å²) in [6.07, 6.45) is 1.67. The molecule has 1 amide bonds. The summed E-state index contributed by atoms with van der Waals surface area (Å²) < 4.78 is 0. The van der Waals surface area contributed by atoms with E-state index in [9.17, 15) is 4.79 Å². The minimum absolute atomic E-state index is 0.270. The van der Waals surface area contributed by atoms with E-state index >= 15 is 0 Å². The van der Waals surface area contributed by atoms with Crippen molar-refractivity contribution in [2.24, 2.45) is 5.73 Å². The van der Waals surface area contributed by atoms with Crippen LogP contribution in [0.5, 0.6) is 0 Å². The lowest BCUT2D eigenvalue weighted by molar-refractivity contribution is -0.119. The van der Waals surface area contributed by atoms with Gasteiger partial charge >= 0.3 is 0 Å². The van der Waals surface area contributed by atoms with Crippen LogP contribution in [0.25, 0.3) is 0 Å². The van der Waals surface area contributed by atoms with E-state index in [0.29, 0.717) is 0 Å².